The molecule has 0 spiro atoms. The van der Waals surface area contributed by atoms with Crippen LogP contribution in [0.25, 0.3) is 22.6 Å². The van der Waals surface area contributed by atoms with Gasteiger partial charge in [-0.15, -0.1) is 0 Å². The lowest BCUT2D eigenvalue weighted by Gasteiger charge is -2.26. The molecule has 38 heavy (non-hydrogen) atoms. The molecule has 5 rings (SSSR count). The van der Waals surface area contributed by atoms with Crippen molar-refractivity contribution in [1.82, 2.24) is 10.1 Å². The number of aromatic hydroxyl groups is 2. The van der Waals surface area contributed by atoms with Gasteiger partial charge in [0.05, 0.1) is 5.56 Å². The van der Waals surface area contributed by atoms with Crippen LogP contribution in [-0.2, 0) is 4.84 Å². The lowest BCUT2D eigenvalue weighted by atomic mass is 9.94. The van der Waals surface area contributed by atoms with Crippen LogP contribution in [0.3, 0.4) is 0 Å². The fourth-order valence-corrected chi connectivity index (χ4v) is 4.65. The minimum Gasteiger partial charge on any atom is -0.508 e. The molecule has 0 atom stereocenters. The third-order valence-corrected chi connectivity index (χ3v) is 6.63. The third-order valence-electron chi connectivity index (χ3n) is 6.63. The van der Waals surface area contributed by atoms with Crippen molar-refractivity contribution in [1.29, 1.82) is 0 Å². The third kappa shape index (κ3) is 5.81. The van der Waals surface area contributed by atoms with E-state index in [1.54, 1.807) is 48.5 Å². The number of benzene rings is 3. The van der Waals surface area contributed by atoms with Crippen LogP contribution >= 0.6 is 0 Å². The maximum absolute atomic E-state index is 9.79. The van der Waals surface area contributed by atoms with Crippen LogP contribution < -0.4 is 4.74 Å². The van der Waals surface area contributed by atoms with E-state index in [1.807, 2.05) is 24.3 Å². The minimum atomic E-state index is 0.148. The molecule has 8 nitrogen and oxygen atoms in total. The average Bonchev–Trinajstić information content (AvgIpc) is 3.38. The molecule has 4 aromatic rings. The van der Waals surface area contributed by atoms with E-state index in [-0.39, 0.29) is 11.5 Å². The molecular formula is C30H31N3O5. The first-order chi connectivity index (χ1) is 18.6. The van der Waals surface area contributed by atoms with Crippen LogP contribution in [0.1, 0.15) is 30.4 Å². The molecule has 2 heterocycles. The molecule has 0 saturated carbocycles. The van der Waals surface area contributed by atoms with Crippen LogP contribution in [-0.4, -0.2) is 59.3 Å². The van der Waals surface area contributed by atoms with Gasteiger partial charge in [0.1, 0.15) is 42.4 Å². The van der Waals surface area contributed by atoms with Gasteiger partial charge in [-0.3, -0.25) is 4.90 Å². The summed E-state index contributed by atoms with van der Waals surface area (Å²) in [5.74, 6) is 1.56. The van der Waals surface area contributed by atoms with Gasteiger partial charge in [0.2, 0.25) is 0 Å². The molecule has 8 heteroatoms. The van der Waals surface area contributed by atoms with Crippen molar-refractivity contribution in [2.45, 2.75) is 19.3 Å². The molecule has 1 aliphatic heterocycles. The number of rotatable bonds is 9. The highest BCUT2D eigenvalue weighted by Gasteiger charge is 2.25. The molecule has 0 unspecified atom stereocenters. The van der Waals surface area contributed by atoms with Crippen molar-refractivity contribution >= 4 is 5.71 Å². The van der Waals surface area contributed by atoms with E-state index in [0.29, 0.717) is 29.3 Å². The summed E-state index contributed by atoms with van der Waals surface area (Å²) in [5, 5.41) is 28.3. The highest BCUT2D eigenvalue weighted by atomic mass is 16.6. The molecule has 1 aliphatic rings. The summed E-state index contributed by atoms with van der Waals surface area (Å²) >= 11 is 0. The summed E-state index contributed by atoms with van der Waals surface area (Å²) < 4.78 is 11.8. The maximum Gasteiger partial charge on any atom is 0.177 e. The van der Waals surface area contributed by atoms with Gasteiger partial charge in [-0.2, -0.15) is 0 Å². The lowest BCUT2D eigenvalue weighted by molar-refractivity contribution is 0.183. The summed E-state index contributed by atoms with van der Waals surface area (Å²) in [4.78, 5) is 7.71. The van der Waals surface area contributed by atoms with Crippen molar-refractivity contribution in [2.75, 3.05) is 33.4 Å². The number of hydrogen-bond donors (Lipinski definition) is 2. The summed E-state index contributed by atoms with van der Waals surface area (Å²) in [7, 11) is 1.49. The summed E-state index contributed by atoms with van der Waals surface area (Å²) in [6.45, 7) is 3.85. The number of likely N-dealkylation sites (tertiary alicyclic amines) is 1. The average molecular weight is 514 g/mol. The first-order valence-electron chi connectivity index (χ1n) is 12.8. The first kappa shape index (κ1) is 25.4. The molecule has 0 bridgehead atoms. The van der Waals surface area contributed by atoms with Gasteiger partial charge in [-0.05, 0) is 98.7 Å². The van der Waals surface area contributed by atoms with Crippen LogP contribution in [0.2, 0.25) is 0 Å². The van der Waals surface area contributed by atoms with E-state index >= 15 is 0 Å². The number of piperidine rings is 1. The Morgan fingerprint density at radius 3 is 2.13 bits per heavy atom. The van der Waals surface area contributed by atoms with Crippen molar-refractivity contribution < 1.29 is 24.3 Å². The Morgan fingerprint density at radius 2 is 1.50 bits per heavy atom. The number of aromatic nitrogens is 1. The Kier molecular flexibility index (Phi) is 7.89. The molecule has 0 radical (unpaired) electrons. The fraction of sp³-hybridized carbons (Fsp3) is 0.267. The predicted octanol–water partition coefficient (Wildman–Crippen LogP) is 5.68. The van der Waals surface area contributed by atoms with Gasteiger partial charge in [0.25, 0.3) is 0 Å². The van der Waals surface area contributed by atoms with Crippen molar-refractivity contribution in [3.8, 4) is 39.8 Å². The molecular weight excluding hydrogens is 482 g/mol. The molecule has 196 valence electrons. The Bertz CT molecular complexity index is 1290. The Morgan fingerprint density at radius 1 is 0.868 bits per heavy atom. The van der Waals surface area contributed by atoms with Crippen molar-refractivity contribution in [3.63, 3.8) is 0 Å². The predicted molar refractivity (Wildman–Crippen MR) is 146 cm³/mol. The molecule has 1 fully saturated rings. The number of hydrogen-bond acceptors (Lipinski definition) is 8. The van der Waals surface area contributed by atoms with E-state index in [4.69, 9.17) is 14.1 Å². The zero-order valence-electron chi connectivity index (χ0n) is 21.3. The summed E-state index contributed by atoms with van der Waals surface area (Å²) in [5.41, 5.74) is 3.95. The van der Waals surface area contributed by atoms with Crippen LogP contribution in [0, 0.1) is 0 Å². The van der Waals surface area contributed by atoms with Gasteiger partial charge >= 0.3 is 0 Å². The molecule has 2 N–H and O–H groups in total. The van der Waals surface area contributed by atoms with E-state index < -0.39 is 0 Å². The summed E-state index contributed by atoms with van der Waals surface area (Å²) in [6, 6.07) is 21.1. The number of nitrogens with zero attached hydrogens (tertiary/aromatic N) is 3. The monoisotopic (exact) mass is 513 g/mol. The molecule has 0 aliphatic carbocycles. The number of oxime groups is 1. The highest BCUT2D eigenvalue weighted by molar-refractivity contribution is 6.18. The standard InChI is InChI=1S/C30H31N3O5/c1-36-31-28(22-9-15-26(16-10-22)37-20-19-33-17-3-2-4-18-33)27-29(21-5-11-24(34)12-6-21)32-38-30(27)23-7-13-25(35)14-8-23/h5-16,34-35H,2-4,17-20H2,1H3/b31-28-. The van der Waals surface area contributed by atoms with Gasteiger partial charge < -0.3 is 24.3 Å². The molecule has 3 aromatic carbocycles. The van der Waals surface area contributed by atoms with E-state index in [1.165, 1.54) is 26.4 Å². The number of ether oxygens (including phenoxy) is 1. The second kappa shape index (κ2) is 11.8. The zero-order chi connectivity index (χ0) is 26.3. The maximum atomic E-state index is 9.79. The Hall–Kier alpha value is -4.30. The van der Waals surface area contributed by atoms with E-state index in [0.717, 1.165) is 42.1 Å². The van der Waals surface area contributed by atoms with Gasteiger partial charge in [-0.1, -0.05) is 16.7 Å². The fourth-order valence-electron chi connectivity index (χ4n) is 4.65. The lowest BCUT2D eigenvalue weighted by Crippen LogP contribution is -2.33. The smallest absolute Gasteiger partial charge is 0.177 e. The molecule has 1 aromatic heterocycles. The van der Waals surface area contributed by atoms with Crippen LogP contribution in [0.5, 0.6) is 17.2 Å². The Labute approximate surface area is 221 Å². The van der Waals surface area contributed by atoms with Crippen molar-refractivity contribution in [3.05, 3.63) is 83.9 Å². The highest BCUT2D eigenvalue weighted by Crippen LogP contribution is 2.36. The van der Waals surface area contributed by atoms with E-state index in [2.05, 4.69) is 15.2 Å². The van der Waals surface area contributed by atoms with Crippen LogP contribution in [0.15, 0.2) is 82.5 Å². The minimum absolute atomic E-state index is 0.148. The van der Waals surface area contributed by atoms with Gasteiger partial charge in [0, 0.05) is 23.2 Å². The van der Waals surface area contributed by atoms with E-state index in [9.17, 15) is 10.2 Å². The zero-order valence-corrected chi connectivity index (χ0v) is 21.3. The number of phenols is 2. The van der Waals surface area contributed by atoms with Gasteiger partial charge in [-0.25, -0.2) is 0 Å². The topological polar surface area (TPSA) is 101 Å². The Balaban J connectivity index is 1.46. The second-order valence-electron chi connectivity index (χ2n) is 9.23. The SMILES string of the molecule is CO/N=C(/c1ccc(OCCN2CCCCC2)cc1)c1c(-c2ccc(O)cc2)noc1-c1ccc(O)cc1. The van der Waals surface area contributed by atoms with Crippen molar-refractivity contribution in [2.24, 2.45) is 5.16 Å². The second-order valence-corrected chi connectivity index (χ2v) is 9.23. The molecule has 0 amide bonds. The quantitative estimate of drug-likeness (QED) is 0.219. The van der Waals surface area contributed by atoms with Gasteiger partial charge in [0.15, 0.2) is 5.76 Å². The van der Waals surface area contributed by atoms with Crippen LogP contribution in [0.4, 0.5) is 0 Å². The molecule has 1 saturated heterocycles. The summed E-state index contributed by atoms with van der Waals surface area (Å²) in [6.07, 6.45) is 3.84. The number of phenolic OH excluding ortho intramolecular Hbond substituents is 2. The largest absolute Gasteiger partial charge is 0.508 e. The first-order valence-corrected chi connectivity index (χ1v) is 12.8. The normalized spacial score (nSPS) is 14.4.